The third-order valence-electron chi connectivity index (χ3n) is 7.33. The number of halogens is 1. The fourth-order valence-electron chi connectivity index (χ4n) is 5.14. The molecule has 5 rings (SSSR count). The number of hydrogen-bond acceptors (Lipinski definition) is 7. The van der Waals surface area contributed by atoms with Gasteiger partial charge in [0.05, 0.1) is 12.2 Å². The van der Waals surface area contributed by atoms with Gasteiger partial charge in [-0.15, -0.1) is 0 Å². The number of aromatic nitrogens is 4. The number of pyridine rings is 1. The molecular formula is C36H39FN6O3. The summed E-state index contributed by atoms with van der Waals surface area (Å²) in [5, 5.41) is 6.10. The molecule has 1 amide bonds. The van der Waals surface area contributed by atoms with Crippen molar-refractivity contribution in [1.82, 2.24) is 19.7 Å². The Kier molecular flexibility index (Phi) is 8.66. The number of rotatable bonds is 7. The molecular weight excluding hydrogens is 583 g/mol. The van der Waals surface area contributed by atoms with Crippen LogP contribution in [-0.4, -0.2) is 42.8 Å². The van der Waals surface area contributed by atoms with E-state index in [1.54, 1.807) is 33.8 Å². The molecule has 0 fully saturated rings. The summed E-state index contributed by atoms with van der Waals surface area (Å²) in [6, 6.07) is 21.4. The molecule has 9 nitrogen and oxygen atoms in total. The number of ether oxygens (including phenoxy) is 1. The largest absolute Gasteiger partial charge is 0.443 e. The Balaban J connectivity index is 1.64. The van der Waals surface area contributed by atoms with Crippen LogP contribution in [0.1, 0.15) is 64.6 Å². The molecule has 0 spiro atoms. The number of anilines is 3. The van der Waals surface area contributed by atoms with Gasteiger partial charge >= 0.3 is 6.09 Å². The summed E-state index contributed by atoms with van der Waals surface area (Å²) in [7, 11) is 1.80. The van der Waals surface area contributed by atoms with E-state index in [4.69, 9.17) is 9.72 Å². The first-order chi connectivity index (χ1) is 21.6. The van der Waals surface area contributed by atoms with Gasteiger partial charge in [0, 0.05) is 41.0 Å². The minimum absolute atomic E-state index is 0.157. The molecule has 3 aromatic carbocycles. The minimum atomic E-state index is -0.697. The molecule has 0 atom stereocenters. The first-order valence-corrected chi connectivity index (χ1v) is 15.1. The van der Waals surface area contributed by atoms with Crippen LogP contribution in [0.15, 0.2) is 79.0 Å². The second-order valence-corrected chi connectivity index (χ2v) is 13.2. The maximum atomic E-state index is 15.6. The van der Waals surface area contributed by atoms with Gasteiger partial charge in [-0.3, -0.25) is 14.4 Å². The summed E-state index contributed by atoms with van der Waals surface area (Å²) in [5.41, 5.74) is 0.766. The molecule has 0 radical (unpaired) electrons. The zero-order valence-corrected chi connectivity index (χ0v) is 27.5. The number of ketones is 1. The summed E-state index contributed by atoms with van der Waals surface area (Å²) in [6.45, 7) is 12.8. The lowest BCUT2D eigenvalue weighted by atomic mass is 10.0. The van der Waals surface area contributed by atoms with Gasteiger partial charge in [0.2, 0.25) is 0 Å². The Bertz CT molecular complexity index is 1910. The van der Waals surface area contributed by atoms with Gasteiger partial charge in [-0.1, -0.05) is 30.3 Å². The average Bonchev–Trinajstić information content (AvgIpc) is 3.35. The normalized spacial score (nSPS) is 11.8. The SMILES string of the molecule is CC(=O)c1ccc(F)c(N(Cc2nc(-c3ccccc3)nn2C)c2ccc3c(N(C(=O)OC(C)(C)C)C(C)(C)C)nccc3c2)c1. The van der Waals surface area contributed by atoms with Crippen LogP contribution in [0.2, 0.25) is 0 Å². The molecule has 0 aliphatic rings. The summed E-state index contributed by atoms with van der Waals surface area (Å²) in [5.74, 6) is 0.919. The molecule has 0 saturated carbocycles. The third-order valence-corrected chi connectivity index (χ3v) is 7.33. The Labute approximate surface area is 268 Å². The Hall–Kier alpha value is -5.12. The number of nitrogens with zero attached hydrogens (tertiary/aromatic N) is 6. The molecule has 0 aliphatic heterocycles. The number of aryl methyl sites for hydroxylation is 1. The predicted molar refractivity (Wildman–Crippen MR) is 179 cm³/mol. The molecule has 0 N–H and O–H groups in total. The van der Waals surface area contributed by atoms with E-state index >= 15 is 4.39 Å². The van der Waals surface area contributed by atoms with Crippen molar-refractivity contribution in [3.63, 3.8) is 0 Å². The first-order valence-electron chi connectivity index (χ1n) is 15.1. The quantitative estimate of drug-likeness (QED) is 0.169. The van der Waals surface area contributed by atoms with Gasteiger partial charge in [0.15, 0.2) is 11.6 Å². The number of hydrogen-bond donors (Lipinski definition) is 0. The van der Waals surface area contributed by atoms with Gasteiger partial charge in [0.25, 0.3) is 0 Å². The van der Waals surface area contributed by atoms with E-state index in [9.17, 15) is 9.59 Å². The van der Waals surface area contributed by atoms with E-state index in [0.717, 1.165) is 16.3 Å². The monoisotopic (exact) mass is 622 g/mol. The summed E-state index contributed by atoms with van der Waals surface area (Å²) in [4.78, 5) is 38.5. The topological polar surface area (TPSA) is 93.5 Å². The highest BCUT2D eigenvalue weighted by Gasteiger charge is 2.34. The fraction of sp³-hybridized carbons (Fsp3) is 0.306. The van der Waals surface area contributed by atoms with Crippen molar-refractivity contribution in [3.8, 4) is 11.4 Å². The highest BCUT2D eigenvalue weighted by atomic mass is 19.1. The zero-order valence-electron chi connectivity index (χ0n) is 27.5. The van der Waals surface area contributed by atoms with Crippen molar-refractivity contribution in [3.05, 3.63) is 96.2 Å². The lowest BCUT2D eigenvalue weighted by molar-refractivity contribution is 0.0549. The number of carbonyl (C=O) groups is 2. The Morgan fingerprint density at radius 3 is 2.30 bits per heavy atom. The lowest BCUT2D eigenvalue weighted by Gasteiger charge is -2.36. The van der Waals surface area contributed by atoms with Crippen LogP contribution >= 0.6 is 0 Å². The van der Waals surface area contributed by atoms with Crippen LogP contribution in [0.4, 0.5) is 26.4 Å². The summed E-state index contributed by atoms with van der Waals surface area (Å²) >= 11 is 0. The van der Waals surface area contributed by atoms with Crippen LogP contribution in [-0.2, 0) is 18.3 Å². The molecule has 0 unspecified atom stereocenters. The van der Waals surface area contributed by atoms with Crippen LogP contribution in [0.5, 0.6) is 0 Å². The Morgan fingerprint density at radius 1 is 0.935 bits per heavy atom. The van der Waals surface area contributed by atoms with Crippen molar-refractivity contribution in [2.24, 2.45) is 7.05 Å². The molecule has 5 aromatic rings. The summed E-state index contributed by atoms with van der Waals surface area (Å²) < 4.78 is 23.1. The zero-order chi connectivity index (χ0) is 33.4. The van der Waals surface area contributed by atoms with Crippen molar-refractivity contribution in [2.45, 2.75) is 66.2 Å². The average molecular weight is 623 g/mol. The molecule has 0 saturated heterocycles. The van der Waals surface area contributed by atoms with E-state index in [2.05, 4.69) is 10.1 Å². The molecule has 0 aliphatic carbocycles. The minimum Gasteiger partial charge on any atom is -0.443 e. The van der Waals surface area contributed by atoms with E-state index in [1.807, 2.05) is 96.1 Å². The van der Waals surface area contributed by atoms with E-state index in [1.165, 1.54) is 19.1 Å². The molecule has 46 heavy (non-hydrogen) atoms. The van der Waals surface area contributed by atoms with Gasteiger partial charge in [-0.2, -0.15) is 5.10 Å². The Morgan fingerprint density at radius 2 is 1.65 bits per heavy atom. The van der Waals surface area contributed by atoms with Crippen LogP contribution in [0.3, 0.4) is 0 Å². The molecule has 0 bridgehead atoms. The number of carbonyl (C=O) groups excluding carboxylic acids is 2. The first kappa shape index (κ1) is 32.3. The van der Waals surface area contributed by atoms with Crippen LogP contribution in [0.25, 0.3) is 22.2 Å². The second kappa shape index (κ2) is 12.3. The fourth-order valence-corrected chi connectivity index (χ4v) is 5.14. The van der Waals surface area contributed by atoms with Crippen LogP contribution in [0, 0.1) is 5.82 Å². The third kappa shape index (κ3) is 6.91. The number of amides is 1. The van der Waals surface area contributed by atoms with E-state index in [0.29, 0.717) is 28.7 Å². The molecule has 2 aromatic heterocycles. The number of Topliss-reactive ketones (excluding diaryl/α,β-unsaturated/α-hetero) is 1. The summed E-state index contributed by atoms with van der Waals surface area (Å²) in [6.07, 6.45) is 1.13. The van der Waals surface area contributed by atoms with Crippen molar-refractivity contribution in [1.29, 1.82) is 0 Å². The maximum Gasteiger partial charge on any atom is 0.416 e. The second-order valence-electron chi connectivity index (χ2n) is 13.2. The van der Waals surface area contributed by atoms with Gasteiger partial charge in [-0.05, 0) is 96.3 Å². The highest BCUT2D eigenvalue weighted by Crippen LogP contribution is 2.36. The molecule has 238 valence electrons. The van der Waals surface area contributed by atoms with Crippen LogP contribution < -0.4 is 9.80 Å². The smallest absolute Gasteiger partial charge is 0.416 e. The standard InChI is InChI=1S/C36H39FN6O3/c1-23(44)25-14-17-29(37)30(21-25)42(22-31-39-32(40-41(31)8)24-12-10-9-11-13-24)27-15-16-28-26(20-27)18-19-38-33(28)43(35(2,3)4)34(45)46-36(5,6)7/h9-21H,22H2,1-8H3. The van der Waals surface area contributed by atoms with E-state index in [-0.39, 0.29) is 18.0 Å². The predicted octanol–water partition coefficient (Wildman–Crippen LogP) is 8.25. The van der Waals surface area contributed by atoms with Gasteiger partial charge in [0.1, 0.15) is 23.1 Å². The maximum absolute atomic E-state index is 15.6. The van der Waals surface area contributed by atoms with Crippen molar-refractivity contribution < 1.29 is 18.7 Å². The van der Waals surface area contributed by atoms with Gasteiger partial charge < -0.3 is 9.64 Å². The van der Waals surface area contributed by atoms with Crippen molar-refractivity contribution in [2.75, 3.05) is 9.80 Å². The lowest BCUT2D eigenvalue weighted by Crippen LogP contribution is -2.48. The highest BCUT2D eigenvalue weighted by molar-refractivity contribution is 6.02. The van der Waals surface area contributed by atoms with Crippen molar-refractivity contribution >= 4 is 39.8 Å². The molecule has 10 heteroatoms. The number of fused-ring (bicyclic) bond motifs is 1. The van der Waals surface area contributed by atoms with Gasteiger partial charge in [-0.25, -0.2) is 19.2 Å². The molecule has 2 heterocycles. The number of benzene rings is 3. The van der Waals surface area contributed by atoms with E-state index < -0.39 is 23.1 Å².